The van der Waals surface area contributed by atoms with Crippen LogP contribution in [0, 0.1) is 13.8 Å². The van der Waals surface area contributed by atoms with Gasteiger partial charge in [-0.1, -0.05) is 23.7 Å². The smallest absolute Gasteiger partial charge is 0.261 e. The molecule has 0 fully saturated rings. The first-order chi connectivity index (χ1) is 14.9. The van der Waals surface area contributed by atoms with Crippen molar-refractivity contribution in [2.45, 2.75) is 13.8 Å². The van der Waals surface area contributed by atoms with Crippen molar-refractivity contribution in [3.63, 3.8) is 0 Å². The number of carbonyl (C=O) groups excluding carboxylic acids is 1. The van der Waals surface area contributed by atoms with E-state index in [1.807, 2.05) is 32.0 Å². The predicted molar refractivity (Wildman–Crippen MR) is 122 cm³/mol. The molecule has 0 unspecified atom stereocenters. The van der Waals surface area contributed by atoms with Gasteiger partial charge in [-0.3, -0.25) is 10.2 Å². The number of phenolic OH excluding ortho intramolecular Hbond substituents is 1. The molecule has 4 rings (SSSR count). The van der Waals surface area contributed by atoms with Gasteiger partial charge in [0.1, 0.15) is 16.9 Å². The van der Waals surface area contributed by atoms with Gasteiger partial charge in [0.05, 0.1) is 5.69 Å². The highest BCUT2D eigenvalue weighted by atomic mass is 35.5. The van der Waals surface area contributed by atoms with Crippen LogP contribution in [0.2, 0.25) is 5.02 Å². The van der Waals surface area contributed by atoms with Gasteiger partial charge in [-0.05, 0) is 73.5 Å². The molecule has 0 radical (unpaired) electrons. The van der Waals surface area contributed by atoms with Crippen LogP contribution in [0.15, 0.2) is 76.2 Å². The summed E-state index contributed by atoms with van der Waals surface area (Å²) in [5.41, 5.74) is 6.98. The lowest BCUT2D eigenvalue weighted by molar-refractivity contribution is 0.102. The minimum absolute atomic E-state index is 0.0560. The summed E-state index contributed by atoms with van der Waals surface area (Å²) >= 11 is 5.92. The van der Waals surface area contributed by atoms with Gasteiger partial charge in [-0.25, -0.2) is 0 Å². The van der Waals surface area contributed by atoms with Gasteiger partial charge < -0.3 is 14.8 Å². The van der Waals surface area contributed by atoms with Crippen LogP contribution in [0.1, 0.15) is 21.5 Å². The third-order valence-electron chi connectivity index (χ3n) is 4.75. The van der Waals surface area contributed by atoms with E-state index in [2.05, 4.69) is 15.8 Å². The maximum atomic E-state index is 13.1. The Hall–Kier alpha value is -3.77. The number of aromatic hydroxyl groups is 1. The number of amides is 1. The number of phenols is 1. The Morgan fingerprint density at radius 3 is 2.55 bits per heavy atom. The van der Waals surface area contributed by atoms with Crippen molar-refractivity contribution in [1.29, 1.82) is 0 Å². The Morgan fingerprint density at radius 2 is 1.77 bits per heavy atom. The van der Waals surface area contributed by atoms with E-state index >= 15 is 0 Å². The fourth-order valence-corrected chi connectivity index (χ4v) is 3.18. The molecule has 6 nitrogen and oxygen atoms in total. The molecule has 3 aromatic carbocycles. The highest BCUT2D eigenvalue weighted by molar-refractivity contribution is 6.30. The number of nitrogens with zero attached hydrogens (tertiary/aromatic N) is 1. The number of nitrogens with one attached hydrogen (secondary N) is 2. The maximum absolute atomic E-state index is 13.1. The second-order valence-electron chi connectivity index (χ2n) is 7.19. The van der Waals surface area contributed by atoms with Crippen LogP contribution in [-0.4, -0.2) is 11.0 Å². The van der Waals surface area contributed by atoms with Gasteiger partial charge in [-0.15, -0.1) is 5.10 Å². The molecule has 31 heavy (non-hydrogen) atoms. The molecule has 156 valence electrons. The minimum atomic E-state index is -0.357. The highest BCUT2D eigenvalue weighted by Crippen LogP contribution is 2.21. The van der Waals surface area contributed by atoms with Crippen LogP contribution in [0.25, 0.3) is 11.0 Å². The van der Waals surface area contributed by atoms with Crippen molar-refractivity contribution >= 4 is 39.9 Å². The summed E-state index contributed by atoms with van der Waals surface area (Å²) in [5.74, 6) is -0.301. The van der Waals surface area contributed by atoms with E-state index in [9.17, 15) is 9.90 Å². The standard InChI is InChI=1S/C24H20ClN3O3/c1-14-3-4-15(2)21(11-14)26-23(30)20-12-16-5-10-19(29)13-22(16)31-24(20)28-27-18-8-6-17(25)7-9-18/h3-13,27,29H,1-2H3,(H,26,30)/b28-24-. The molecule has 0 aliphatic rings. The SMILES string of the molecule is Cc1ccc(C)c(NC(=O)c2cc3ccc(O)cc3o/c2=N\Nc2ccc(Cl)cc2)c1. The first-order valence-corrected chi connectivity index (χ1v) is 9.97. The van der Waals surface area contributed by atoms with E-state index in [0.29, 0.717) is 27.4 Å². The van der Waals surface area contributed by atoms with E-state index in [-0.39, 0.29) is 22.8 Å². The number of anilines is 2. The monoisotopic (exact) mass is 433 g/mol. The van der Waals surface area contributed by atoms with E-state index in [0.717, 1.165) is 11.1 Å². The Labute approximate surface area is 183 Å². The second-order valence-corrected chi connectivity index (χ2v) is 7.63. The Kier molecular flexibility index (Phi) is 5.64. The molecule has 0 spiro atoms. The molecule has 4 aromatic rings. The summed E-state index contributed by atoms with van der Waals surface area (Å²) in [6, 6.07) is 19.2. The molecule has 0 saturated heterocycles. The highest BCUT2D eigenvalue weighted by Gasteiger charge is 2.14. The molecule has 0 atom stereocenters. The third-order valence-corrected chi connectivity index (χ3v) is 5.00. The lowest BCUT2D eigenvalue weighted by Gasteiger charge is -2.10. The molecule has 1 heterocycles. The van der Waals surface area contributed by atoms with Crippen LogP contribution < -0.4 is 16.3 Å². The number of hydrogen-bond acceptors (Lipinski definition) is 5. The first-order valence-electron chi connectivity index (χ1n) is 9.60. The zero-order valence-corrected chi connectivity index (χ0v) is 17.7. The van der Waals surface area contributed by atoms with E-state index in [4.69, 9.17) is 16.0 Å². The number of halogens is 1. The normalized spacial score (nSPS) is 11.5. The van der Waals surface area contributed by atoms with Gasteiger partial charge in [-0.2, -0.15) is 0 Å². The fraction of sp³-hybridized carbons (Fsp3) is 0.0833. The summed E-state index contributed by atoms with van der Waals surface area (Å²) < 4.78 is 5.86. The number of rotatable bonds is 4. The Balaban J connectivity index is 1.78. The number of hydrogen-bond donors (Lipinski definition) is 3. The van der Waals surface area contributed by atoms with Crippen molar-refractivity contribution in [3.05, 3.63) is 94.0 Å². The van der Waals surface area contributed by atoms with Crippen LogP contribution in [0.4, 0.5) is 11.4 Å². The zero-order valence-electron chi connectivity index (χ0n) is 16.9. The molecule has 0 aliphatic heterocycles. The Bertz CT molecular complexity index is 1340. The molecule has 1 aromatic heterocycles. The van der Waals surface area contributed by atoms with Crippen LogP contribution in [-0.2, 0) is 0 Å². The van der Waals surface area contributed by atoms with Crippen molar-refractivity contribution in [1.82, 2.24) is 0 Å². The molecule has 7 heteroatoms. The summed E-state index contributed by atoms with van der Waals surface area (Å²) in [7, 11) is 0. The number of aryl methyl sites for hydroxylation is 2. The number of benzene rings is 3. The average molecular weight is 434 g/mol. The largest absolute Gasteiger partial charge is 0.508 e. The van der Waals surface area contributed by atoms with E-state index in [1.54, 1.807) is 36.4 Å². The Morgan fingerprint density at radius 1 is 1.00 bits per heavy atom. The van der Waals surface area contributed by atoms with Crippen LogP contribution in [0.3, 0.4) is 0 Å². The third kappa shape index (κ3) is 4.70. The second kappa shape index (κ2) is 8.53. The number of fused-ring (bicyclic) bond motifs is 1. The zero-order chi connectivity index (χ0) is 22.0. The molecule has 0 aliphatic carbocycles. The molecular formula is C24H20ClN3O3. The van der Waals surface area contributed by atoms with E-state index in [1.165, 1.54) is 12.1 Å². The number of carbonyl (C=O) groups is 1. The average Bonchev–Trinajstić information content (AvgIpc) is 2.75. The first kappa shape index (κ1) is 20.5. The molecule has 0 bridgehead atoms. The summed E-state index contributed by atoms with van der Waals surface area (Å²) in [4.78, 5) is 13.1. The molecule has 3 N–H and O–H groups in total. The quantitative estimate of drug-likeness (QED) is 0.366. The van der Waals surface area contributed by atoms with Gasteiger partial charge in [0.25, 0.3) is 5.91 Å². The van der Waals surface area contributed by atoms with Crippen LogP contribution in [0.5, 0.6) is 5.75 Å². The lowest BCUT2D eigenvalue weighted by atomic mass is 10.1. The van der Waals surface area contributed by atoms with E-state index < -0.39 is 0 Å². The molecular weight excluding hydrogens is 414 g/mol. The predicted octanol–water partition coefficient (Wildman–Crippen LogP) is 5.59. The van der Waals surface area contributed by atoms with Crippen molar-refractivity contribution < 1.29 is 14.3 Å². The van der Waals surface area contributed by atoms with Gasteiger partial charge >= 0.3 is 0 Å². The van der Waals surface area contributed by atoms with Crippen molar-refractivity contribution in [3.8, 4) is 5.75 Å². The van der Waals surface area contributed by atoms with Crippen LogP contribution >= 0.6 is 11.6 Å². The van der Waals surface area contributed by atoms with Gasteiger partial charge in [0, 0.05) is 22.2 Å². The summed E-state index contributed by atoms with van der Waals surface area (Å²) in [6.07, 6.45) is 0. The molecule has 0 saturated carbocycles. The van der Waals surface area contributed by atoms with Crippen molar-refractivity contribution in [2.75, 3.05) is 10.7 Å². The minimum Gasteiger partial charge on any atom is -0.508 e. The summed E-state index contributed by atoms with van der Waals surface area (Å²) in [6.45, 7) is 3.89. The summed E-state index contributed by atoms with van der Waals surface area (Å²) in [5, 5.41) is 18.3. The maximum Gasteiger partial charge on any atom is 0.261 e. The topological polar surface area (TPSA) is 86.9 Å². The molecule has 1 amide bonds. The lowest BCUT2D eigenvalue weighted by Crippen LogP contribution is -2.23. The van der Waals surface area contributed by atoms with Gasteiger partial charge in [0.2, 0.25) is 5.55 Å². The van der Waals surface area contributed by atoms with Gasteiger partial charge in [0.15, 0.2) is 0 Å². The van der Waals surface area contributed by atoms with Crippen molar-refractivity contribution in [2.24, 2.45) is 5.10 Å². The fourth-order valence-electron chi connectivity index (χ4n) is 3.05.